The van der Waals surface area contributed by atoms with Gasteiger partial charge in [-0.3, -0.25) is 9.59 Å². The van der Waals surface area contributed by atoms with Crippen molar-refractivity contribution in [1.29, 1.82) is 0 Å². The fourth-order valence-corrected chi connectivity index (χ4v) is 3.68. The molecule has 7 heteroatoms. The third-order valence-corrected chi connectivity index (χ3v) is 5.49. The number of hydrogen-bond donors (Lipinski definition) is 2. The molecule has 0 aliphatic heterocycles. The van der Waals surface area contributed by atoms with Crippen molar-refractivity contribution in [1.82, 2.24) is 5.32 Å². The number of ether oxygens (including phenoxy) is 2. The van der Waals surface area contributed by atoms with Gasteiger partial charge in [0.1, 0.15) is 6.10 Å². The van der Waals surface area contributed by atoms with E-state index in [2.05, 4.69) is 12.2 Å². The predicted molar refractivity (Wildman–Crippen MR) is 111 cm³/mol. The van der Waals surface area contributed by atoms with E-state index in [1.165, 1.54) is 0 Å². The minimum absolute atomic E-state index is 0.0706. The molecule has 29 heavy (non-hydrogen) atoms. The smallest absolute Gasteiger partial charge is 0.409 e. The van der Waals surface area contributed by atoms with Gasteiger partial charge in [-0.25, -0.2) is 4.79 Å². The van der Waals surface area contributed by atoms with E-state index >= 15 is 0 Å². The number of rotatable bonds is 14. The highest BCUT2D eigenvalue weighted by Crippen LogP contribution is 2.28. The number of carboxylic acids is 1. The standard InChI is InChI=1S/C22H39NO6/c1-4-7-10-19(18(24)8-5-2)28-20(9-6-3)29-22(27)23-15-16-11-13-17(14-12-16)21(25)26/h16-17,19-20H,4-15H2,1-3H3,(H,23,27)(H,25,26). The maximum atomic E-state index is 12.4. The first kappa shape index (κ1) is 25.4. The maximum Gasteiger partial charge on any atom is 0.409 e. The molecule has 1 saturated carbocycles. The van der Waals surface area contributed by atoms with Gasteiger partial charge in [0.25, 0.3) is 0 Å². The highest BCUT2D eigenvalue weighted by Gasteiger charge is 2.27. The van der Waals surface area contributed by atoms with Crippen LogP contribution in [-0.2, 0) is 19.1 Å². The molecule has 2 atom stereocenters. The summed E-state index contributed by atoms with van der Waals surface area (Å²) in [5, 5.41) is 11.8. The first-order valence-electron chi connectivity index (χ1n) is 11.3. The Kier molecular flexibility index (Phi) is 12.6. The van der Waals surface area contributed by atoms with E-state index in [1.807, 2.05) is 13.8 Å². The molecule has 0 bridgehead atoms. The first-order valence-corrected chi connectivity index (χ1v) is 11.3. The number of ketones is 1. The Morgan fingerprint density at radius 1 is 1.00 bits per heavy atom. The Morgan fingerprint density at radius 2 is 1.69 bits per heavy atom. The first-order chi connectivity index (χ1) is 13.9. The topological polar surface area (TPSA) is 102 Å². The summed E-state index contributed by atoms with van der Waals surface area (Å²) in [4.78, 5) is 35.6. The Balaban J connectivity index is 2.48. The molecule has 2 N–H and O–H groups in total. The van der Waals surface area contributed by atoms with Crippen molar-refractivity contribution in [2.75, 3.05) is 6.54 Å². The lowest BCUT2D eigenvalue weighted by Gasteiger charge is -2.27. The molecule has 0 spiro atoms. The van der Waals surface area contributed by atoms with Gasteiger partial charge in [-0.05, 0) is 44.4 Å². The van der Waals surface area contributed by atoms with Crippen LogP contribution in [-0.4, -0.2) is 41.9 Å². The molecule has 0 heterocycles. The van der Waals surface area contributed by atoms with Crippen LogP contribution in [0.2, 0.25) is 0 Å². The molecule has 1 fully saturated rings. The van der Waals surface area contributed by atoms with Crippen LogP contribution in [0.4, 0.5) is 4.79 Å². The largest absolute Gasteiger partial charge is 0.481 e. The van der Waals surface area contributed by atoms with Crippen LogP contribution < -0.4 is 5.32 Å². The summed E-state index contributed by atoms with van der Waals surface area (Å²) in [5.41, 5.74) is 0. The van der Waals surface area contributed by atoms with Crippen molar-refractivity contribution >= 4 is 17.8 Å². The lowest BCUT2D eigenvalue weighted by Crippen LogP contribution is -2.37. The third-order valence-electron chi connectivity index (χ3n) is 5.49. The van der Waals surface area contributed by atoms with E-state index in [-0.39, 0.29) is 17.6 Å². The van der Waals surface area contributed by atoms with Crippen molar-refractivity contribution in [3.63, 3.8) is 0 Å². The molecule has 7 nitrogen and oxygen atoms in total. The molecule has 2 unspecified atom stereocenters. The highest BCUT2D eigenvalue weighted by molar-refractivity contribution is 5.83. The number of Topliss-reactive ketones (excluding diaryl/α,β-unsaturated/α-hetero) is 1. The van der Waals surface area contributed by atoms with Crippen LogP contribution in [0, 0.1) is 11.8 Å². The number of nitrogens with one attached hydrogen (secondary N) is 1. The van der Waals surface area contributed by atoms with Crippen LogP contribution in [0.3, 0.4) is 0 Å². The number of amides is 1. The van der Waals surface area contributed by atoms with Gasteiger partial charge in [-0.1, -0.05) is 40.0 Å². The molecule has 1 aliphatic carbocycles. The van der Waals surface area contributed by atoms with E-state index in [1.54, 1.807) is 0 Å². The molecular formula is C22H39NO6. The van der Waals surface area contributed by atoms with E-state index in [9.17, 15) is 14.4 Å². The number of aliphatic carboxylic acids is 1. The fraction of sp³-hybridized carbons (Fsp3) is 0.864. The van der Waals surface area contributed by atoms with Gasteiger partial charge >= 0.3 is 12.1 Å². The molecule has 1 aliphatic rings. The summed E-state index contributed by atoms with van der Waals surface area (Å²) in [6.07, 6.45) is 6.16. The zero-order chi connectivity index (χ0) is 21.6. The van der Waals surface area contributed by atoms with Crippen molar-refractivity contribution < 1.29 is 29.0 Å². The number of unbranched alkanes of at least 4 members (excludes halogenated alkanes) is 1. The number of hydrogen-bond acceptors (Lipinski definition) is 5. The second-order valence-corrected chi connectivity index (χ2v) is 8.04. The van der Waals surface area contributed by atoms with Crippen molar-refractivity contribution in [2.45, 2.75) is 104 Å². The SMILES string of the molecule is CCCCC(OC(CCC)OC(=O)NCC1CCC(C(=O)O)CC1)C(=O)CCC. The van der Waals surface area contributed by atoms with Gasteiger partial charge < -0.3 is 19.9 Å². The zero-order valence-corrected chi connectivity index (χ0v) is 18.3. The Morgan fingerprint density at radius 3 is 2.24 bits per heavy atom. The average Bonchev–Trinajstić information content (AvgIpc) is 2.70. The molecule has 0 aromatic carbocycles. The predicted octanol–water partition coefficient (Wildman–Crippen LogP) is 4.67. The number of carbonyl (C=O) groups is 3. The average molecular weight is 414 g/mol. The minimum Gasteiger partial charge on any atom is -0.481 e. The van der Waals surface area contributed by atoms with Crippen molar-refractivity contribution in [3.05, 3.63) is 0 Å². The van der Waals surface area contributed by atoms with E-state index in [0.29, 0.717) is 38.6 Å². The molecule has 1 rings (SSSR count). The van der Waals surface area contributed by atoms with Crippen LogP contribution in [0.5, 0.6) is 0 Å². The summed E-state index contributed by atoms with van der Waals surface area (Å²) in [5.74, 6) is -0.653. The van der Waals surface area contributed by atoms with Crippen LogP contribution in [0.1, 0.15) is 91.4 Å². The maximum absolute atomic E-state index is 12.4. The summed E-state index contributed by atoms with van der Waals surface area (Å²) in [6.45, 7) is 6.48. The number of carbonyl (C=O) groups excluding carboxylic acids is 2. The van der Waals surface area contributed by atoms with Gasteiger partial charge in [-0.2, -0.15) is 0 Å². The lowest BCUT2D eigenvalue weighted by molar-refractivity contribution is -0.162. The molecular weight excluding hydrogens is 374 g/mol. The third kappa shape index (κ3) is 10.1. The van der Waals surface area contributed by atoms with Crippen molar-refractivity contribution in [2.24, 2.45) is 11.8 Å². The summed E-state index contributed by atoms with van der Waals surface area (Å²) < 4.78 is 11.4. The number of carboxylic acid groups (broad SMARTS) is 1. The molecule has 1 amide bonds. The quantitative estimate of drug-likeness (QED) is 0.401. The van der Waals surface area contributed by atoms with Gasteiger partial charge in [-0.15, -0.1) is 0 Å². The van der Waals surface area contributed by atoms with Crippen LogP contribution in [0.25, 0.3) is 0 Å². The number of alkyl carbamates (subject to hydrolysis) is 1. The molecule has 0 aromatic rings. The summed E-state index contributed by atoms with van der Waals surface area (Å²) >= 11 is 0. The molecule has 0 aromatic heterocycles. The molecule has 0 radical (unpaired) electrons. The summed E-state index contributed by atoms with van der Waals surface area (Å²) in [6, 6.07) is 0. The van der Waals surface area contributed by atoms with E-state index < -0.39 is 24.5 Å². The van der Waals surface area contributed by atoms with Gasteiger partial charge in [0, 0.05) is 19.4 Å². The normalized spacial score (nSPS) is 21.2. The van der Waals surface area contributed by atoms with E-state index in [4.69, 9.17) is 14.6 Å². The lowest BCUT2D eigenvalue weighted by atomic mass is 9.82. The van der Waals surface area contributed by atoms with Gasteiger partial charge in [0.15, 0.2) is 5.78 Å². The Hall–Kier alpha value is -1.63. The van der Waals surface area contributed by atoms with E-state index in [0.717, 1.165) is 38.5 Å². The fourth-order valence-electron chi connectivity index (χ4n) is 3.68. The van der Waals surface area contributed by atoms with Gasteiger partial charge in [0.2, 0.25) is 6.29 Å². The van der Waals surface area contributed by atoms with Gasteiger partial charge in [0.05, 0.1) is 5.92 Å². The second-order valence-electron chi connectivity index (χ2n) is 8.04. The zero-order valence-electron chi connectivity index (χ0n) is 18.3. The van der Waals surface area contributed by atoms with Crippen LogP contribution in [0.15, 0.2) is 0 Å². The Labute approximate surface area is 174 Å². The van der Waals surface area contributed by atoms with Crippen molar-refractivity contribution in [3.8, 4) is 0 Å². The highest BCUT2D eigenvalue weighted by atomic mass is 16.7. The second kappa shape index (κ2) is 14.4. The summed E-state index contributed by atoms with van der Waals surface area (Å²) in [7, 11) is 0. The minimum atomic E-state index is -0.731. The Bertz CT molecular complexity index is 502. The molecule has 0 saturated heterocycles. The molecule has 168 valence electrons. The monoisotopic (exact) mass is 413 g/mol. The van der Waals surface area contributed by atoms with Crippen LogP contribution >= 0.6 is 0 Å².